The van der Waals surface area contributed by atoms with Crippen LogP contribution in [0.3, 0.4) is 0 Å². The first-order valence-electron chi connectivity index (χ1n) is 8.54. The van der Waals surface area contributed by atoms with Gasteiger partial charge in [0.2, 0.25) is 11.8 Å². The molecular weight excluding hydrogens is 302 g/mol. The van der Waals surface area contributed by atoms with Crippen molar-refractivity contribution in [3.63, 3.8) is 0 Å². The summed E-state index contributed by atoms with van der Waals surface area (Å²) in [6, 6.07) is 5.79. The van der Waals surface area contributed by atoms with Crippen molar-refractivity contribution in [3.05, 3.63) is 29.6 Å². The van der Waals surface area contributed by atoms with Crippen molar-refractivity contribution < 1.29 is 9.47 Å². The van der Waals surface area contributed by atoms with E-state index in [9.17, 15) is 0 Å². The van der Waals surface area contributed by atoms with Gasteiger partial charge in [0, 0.05) is 10.8 Å². The zero-order valence-corrected chi connectivity index (χ0v) is 15.5. The van der Waals surface area contributed by atoms with Gasteiger partial charge in [-0.05, 0) is 12.1 Å². The van der Waals surface area contributed by atoms with Crippen molar-refractivity contribution in [2.45, 2.75) is 53.8 Å². The first-order chi connectivity index (χ1) is 11.1. The second-order valence-corrected chi connectivity index (χ2v) is 8.64. The van der Waals surface area contributed by atoms with Crippen molar-refractivity contribution >= 4 is 11.8 Å². The quantitative estimate of drug-likeness (QED) is 0.835. The van der Waals surface area contributed by atoms with Crippen molar-refractivity contribution in [1.82, 2.24) is 4.98 Å². The lowest BCUT2D eigenvalue weighted by Gasteiger charge is -2.26. The van der Waals surface area contributed by atoms with Gasteiger partial charge < -0.3 is 9.47 Å². The Morgan fingerprint density at radius 2 is 1.21 bits per heavy atom. The Hall–Kier alpha value is -1.91. The number of hydrogen-bond acceptors (Lipinski definition) is 5. The number of ether oxygens (including phenoxy) is 2. The second-order valence-electron chi connectivity index (χ2n) is 8.64. The van der Waals surface area contributed by atoms with Gasteiger partial charge in [-0.1, -0.05) is 47.6 Å². The molecule has 0 amide bonds. The van der Waals surface area contributed by atoms with Crippen molar-refractivity contribution in [2.75, 3.05) is 13.1 Å². The predicted octanol–water partition coefficient (Wildman–Crippen LogP) is 3.46. The van der Waals surface area contributed by atoms with E-state index in [-0.39, 0.29) is 23.0 Å². The zero-order valence-electron chi connectivity index (χ0n) is 15.5. The third-order valence-corrected chi connectivity index (χ3v) is 4.43. The highest BCUT2D eigenvalue weighted by Crippen LogP contribution is 2.28. The highest BCUT2D eigenvalue weighted by atomic mass is 16.5. The summed E-state index contributed by atoms with van der Waals surface area (Å²) in [5.74, 6) is 1.23. The number of hydrogen-bond donors (Lipinski definition) is 0. The fourth-order valence-corrected chi connectivity index (χ4v) is 2.61. The van der Waals surface area contributed by atoms with Gasteiger partial charge in [-0.25, -0.2) is 15.0 Å². The van der Waals surface area contributed by atoms with E-state index in [2.05, 4.69) is 56.5 Å². The van der Waals surface area contributed by atoms with Crippen LogP contribution in [0.1, 0.15) is 52.9 Å². The Morgan fingerprint density at radius 1 is 0.792 bits per heavy atom. The molecular formula is C19H27N3O2. The Kier molecular flexibility index (Phi) is 4.14. The van der Waals surface area contributed by atoms with Gasteiger partial charge >= 0.3 is 0 Å². The minimum absolute atomic E-state index is 0.0570. The summed E-state index contributed by atoms with van der Waals surface area (Å²) in [7, 11) is 0. The van der Waals surface area contributed by atoms with Gasteiger partial charge in [-0.3, -0.25) is 0 Å². The summed E-state index contributed by atoms with van der Waals surface area (Å²) >= 11 is 0. The third-order valence-electron chi connectivity index (χ3n) is 4.43. The molecule has 1 aromatic heterocycles. The molecule has 1 aromatic rings. The number of aliphatic imine (C=N–C) groups is 2. The molecule has 0 bridgehead atoms. The summed E-state index contributed by atoms with van der Waals surface area (Å²) < 4.78 is 12.0. The highest BCUT2D eigenvalue weighted by Gasteiger charge is 2.34. The van der Waals surface area contributed by atoms with Crippen LogP contribution in [0.4, 0.5) is 0 Å². The molecule has 0 unspecified atom stereocenters. The summed E-state index contributed by atoms with van der Waals surface area (Å²) in [4.78, 5) is 13.7. The van der Waals surface area contributed by atoms with E-state index in [1.54, 1.807) is 0 Å². The van der Waals surface area contributed by atoms with E-state index in [0.717, 1.165) is 11.4 Å². The molecule has 0 N–H and O–H groups in total. The summed E-state index contributed by atoms with van der Waals surface area (Å²) in [6.45, 7) is 14.3. The fraction of sp³-hybridized carbons (Fsp3) is 0.632. The minimum atomic E-state index is 0.0570. The predicted molar refractivity (Wildman–Crippen MR) is 95.7 cm³/mol. The molecule has 3 heterocycles. The van der Waals surface area contributed by atoms with Crippen LogP contribution >= 0.6 is 0 Å². The molecule has 2 aliphatic heterocycles. The number of aromatic nitrogens is 1. The van der Waals surface area contributed by atoms with E-state index < -0.39 is 0 Å². The standard InChI is InChI=1S/C19H27N3O2/c1-18(2,3)14-10-20-16(23-14)12-8-7-9-13(22-12)17-21-11-15(24-17)19(4,5)6/h7-9,14-15H,10-11H2,1-6H3/t14-,15-/m1/s1. The van der Waals surface area contributed by atoms with Crippen LogP contribution in [0.25, 0.3) is 0 Å². The van der Waals surface area contributed by atoms with Crippen LogP contribution < -0.4 is 0 Å². The smallest absolute Gasteiger partial charge is 0.235 e. The molecule has 0 fully saturated rings. The lowest BCUT2D eigenvalue weighted by Crippen LogP contribution is -2.30. The average Bonchev–Trinajstić information content (AvgIpc) is 3.16. The molecule has 2 atom stereocenters. The minimum Gasteiger partial charge on any atom is -0.471 e. The Bertz CT molecular complexity index is 625. The fourth-order valence-electron chi connectivity index (χ4n) is 2.61. The average molecular weight is 329 g/mol. The number of nitrogens with zero attached hydrogens (tertiary/aromatic N) is 3. The van der Waals surface area contributed by atoms with Crippen molar-refractivity contribution in [2.24, 2.45) is 20.8 Å². The molecule has 0 aromatic carbocycles. The Morgan fingerprint density at radius 3 is 1.54 bits per heavy atom. The normalized spacial score (nSPS) is 24.2. The molecule has 0 spiro atoms. The first kappa shape index (κ1) is 16.9. The van der Waals surface area contributed by atoms with E-state index >= 15 is 0 Å². The molecule has 0 aliphatic carbocycles. The SMILES string of the molecule is CC(C)(C)[C@H]1CN=C(c2cccc(C3=NC[C@H](C(C)(C)C)O3)n2)O1. The molecule has 5 heteroatoms. The molecule has 0 saturated heterocycles. The van der Waals surface area contributed by atoms with Crippen LogP contribution in [0.2, 0.25) is 0 Å². The van der Waals surface area contributed by atoms with E-state index in [1.165, 1.54) is 0 Å². The number of rotatable bonds is 2. The lowest BCUT2D eigenvalue weighted by molar-refractivity contribution is 0.102. The summed E-state index contributed by atoms with van der Waals surface area (Å²) in [5.41, 5.74) is 1.59. The Labute approximate surface area is 144 Å². The van der Waals surface area contributed by atoms with Crippen LogP contribution in [-0.2, 0) is 9.47 Å². The topological polar surface area (TPSA) is 56.1 Å². The van der Waals surface area contributed by atoms with Gasteiger partial charge in [0.25, 0.3) is 0 Å². The van der Waals surface area contributed by atoms with E-state index in [0.29, 0.717) is 24.9 Å². The zero-order chi connectivity index (χ0) is 17.5. The lowest BCUT2D eigenvalue weighted by atomic mass is 9.89. The summed E-state index contributed by atoms with van der Waals surface area (Å²) in [6.07, 6.45) is 0.173. The van der Waals surface area contributed by atoms with Gasteiger partial charge in [-0.2, -0.15) is 0 Å². The largest absolute Gasteiger partial charge is 0.471 e. The third kappa shape index (κ3) is 3.45. The van der Waals surface area contributed by atoms with Crippen LogP contribution in [-0.4, -0.2) is 42.1 Å². The van der Waals surface area contributed by atoms with E-state index in [4.69, 9.17) is 9.47 Å². The van der Waals surface area contributed by atoms with Gasteiger partial charge in [0.1, 0.15) is 23.6 Å². The number of pyridine rings is 1. The maximum absolute atomic E-state index is 6.01. The van der Waals surface area contributed by atoms with Crippen LogP contribution in [0.5, 0.6) is 0 Å². The molecule has 130 valence electrons. The molecule has 0 saturated carbocycles. The monoisotopic (exact) mass is 329 g/mol. The van der Waals surface area contributed by atoms with Crippen LogP contribution in [0, 0.1) is 10.8 Å². The first-order valence-corrected chi connectivity index (χ1v) is 8.54. The van der Waals surface area contributed by atoms with E-state index in [1.807, 2.05) is 18.2 Å². The summed E-state index contributed by atoms with van der Waals surface area (Å²) in [5, 5.41) is 0. The van der Waals surface area contributed by atoms with Gasteiger partial charge in [-0.15, -0.1) is 0 Å². The highest BCUT2D eigenvalue weighted by molar-refractivity contribution is 5.97. The Balaban J connectivity index is 1.75. The molecule has 5 nitrogen and oxygen atoms in total. The van der Waals surface area contributed by atoms with Crippen molar-refractivity contribution in [1.29, 1.82) is 0 Å². The molecule has 24 heavy (non-hydrogen) atoms. The molecule has 2 aliphatic rings. The van der Waals surface area contributed by atoms with Gasteiger partial charge in [0.05, 0.1) is 13.1 Å². The maximum atomic E-state index is 6.01. The second kappa shape index (κ2) is 5.87. The maximum Gasteiger partial charge on any atom is 0.235 e. The van der Waals surface area contributed by atoms with Crippen LogP contribution in [0.15, 0.2) is 28.2 Å². The molecule has 3 rings (SSSR count). The van der Waals surface area contributed by atoms with Gasteiger partial charge in [0.15, 0.2) is 0 Å². The van der Waals surface area contributed by atoms with Crippen molar-refractivity contribution in [3.8, 4) is 0 Å². The molecule has 0 radical (unpaired) electrons.